The van der Waals surface area contributed by atoms with Crippen molar-refractivity contribution < 1.29 is 18.4 Å². The van der Waals surface area contributed by atoms with Crippen LogP contribution in [0.5, 0.6) is 0 Å². The first-order chi connectivity index (χ1) is 14.8. The Labute approximate surface area is 176 Å². The molecule has 0 aliphatic carbocycles. The monoisotopic (exact) mass is 426 g/mol. The molecular formula is C22H20F2N4O3. The van der Waals surface area contributed by atoms with Gasteiger partial charge in [0.1, 0.15) is 17.8 Å². The molecule has 1 aliphatic rings. The molecule has 1 saturated heterocycles. The number of nitrogens with zero attached hydrogens (tertiary/aromatic N) is 3. The van der Waals surface area contributed by atoms with Crippen molar-refractivity contribution in [1.82, 2.24) is 14.5 Å². The number of fused-ring (bicyclic) bond motifs is 1. The molecule has 1 fully saturated rings. The van der Waals surface area contributed by atoms with Crippen molar-refractivity contribution >= 4 is 28.5 Å². The first-order valence-electron chi connectivity index (χ1n) is 9.88. The number of pyridine rings is 2. The number of hydrogen-bond acceptors (Lipinski definition) is 4. The average molecular weight is 426 g/mol. The predicted octanol–water partition coefficient (Wildman–Crippen LogP) is 2.86. The van der Waals surface area contributed by atoms with Crippen LogP contribution in [0, 0.1) is 18.6 Å². The van der Waals surface area contributed by atoms with E-state index < -0.39 is 23.0 Å². The fourth-order valence-electron chi connectivity index (χ4n) is 3.65. The second-order valence-corrected chi connectivity index (χ2v) is 7.50. The summed E-state index contributed by atoms with van der Waals surface area (Å²) in [7, 11) is 0. The van der Waals surface area contributed by atoms with Crippen molar-refractivity contribution in [3.63, 3.8) is 0 Å². The quantitative estimate of drug-likeness (QED) is 0.695. The van der Waals surface area contributed by atoms with Crippen LogP contribution in [0.15, 0.2) is 41.3 Å². The van der Waals surface area contributed by atoms with E-state index in [9.17, 15) is 23.2 Å². The van der Waals surface area contributed by atoms with Crippen LogP contribution < -0.4 is 10.7 Å². The van der Waals surface area contributed by atoms with E-state index in [4.69, 9.17) is 0 Å². The molecule has 0 bridgehead atoms. The summed E-state index contributed by atoms with van der Waals surface area (Å²) in [6.07, 6.45) is 3.11. The Bertz CT molecular complexity index is 1250. The molecule has 3 heterocycles. The summed E-state index contributed by atoms with van der Waals surface area (Å²) < 4.78 is 28.0. The van der Waals surface area contributed by atoms with Crippen molar-refractivity contribution in [2.24, 2.45) is 0 Å². The smallest absolute Gasteiger partial charge is 0.259 e. The fourth-order valence-corrected chi connectivity index (χ4v) is 3.65. The molecule has 2 aromatic heterocycles. The third-order valence-electron chi connectivity index (χ3n) is 5.20. The second kappa shape index (κ2) is 8.25. The number of carbonyl (C=O) groups excluding carboxylic acids is 2. The molecule has 0 unspecified atom stereocenters. The number of anilines is 1. The van der Waals surface area contributed by atoms with Gasteiger partial charge in [0.05, 0.1) is 5.39 Å². The van der Waals surface area contributed by atoms with Gasteiger partial charge < -0.3 is 14.8 Å². The topological polar surface area (TPSA) is 84.3 Å². The van der Waals surface area contributed by atoms with Gasteiger partial charge in [0.25, 0.3) is 5.91 Å². The first-order valence-corrected chi connectivity index (χ1v) is 9.88. The standard InChI is InChI=1S/C22H20F2N4O3/c1-13-4-6-15-20(30)16(22(31)27-8-2-3-9-27)11-28(21(15)25-13)12-19(29)26-14-5-7-17(23)18(24)10-14/h4-7,10-11H,2-3,8-9,12H2,1H3,(H,26,29). The Morgan fingerprint density at radius 1 is 1.10 bits per heavy atom. The molecule has 2 amide bonds. The minimum Gasteiger partial charge on any atom is -0.338 e. The lowest BCUT2D eigenvalue weighted by Crippen LogP contribution is -2.33. The molecule has 7 nitrogen and oxygen atoms in total. The molecule has 3 aromatic rings. The van der Waals surface area contributed by atoms with Gasteiger partial charge in [-0.2, -0.15) is 0 Å². The van der Waals surface area contributed by atoms with E-state index in [1.807, 2.05) is 0 Å². The predicted molar refractivity (Wildman–Crippen MR) is 111 cm³/mol. The summed E-state index contributed by atoms with van der Waals surface area (Å²) in [5, 5.41) is 2.72. The lowest BCUT2D eigenvalue weighted by atomic mass is 10.1. The zero-order chi connectivity index (χ0) is 22.1. The minimum absolute atomic E-state index is 0.0271. The molecule has 0 spiro atoms. The Morgan fingerprint density at radius 3 is 2.55 bits per heavy atom. The van der Waals surface area contributed by atoms with Crippen LogP contribution in [0.4, 0.5) is 14.5 Å². The highest BCUT2D eigenvalue weighted by Crippen LogP contribution is 2.17. The lowest BCUT2D eigenvalue weighted by molar-refractivity contribution is -0.116. The number of carbonyl (C=O) groups is 2. The van der Waals surface area contributed by atoms with E-state index >= 15 is 0 Å². The SMILES string of the molecule is Cc1ccc2c(=O)c(C(=O)N3CCCC3)cn(CC(=O)Nc3ccc(F)c(F)c3)c2n1. The molecule has 0 atom stereocenters. The fraction of sp³-hybridized carbons (Fsp3) is 0.273. The van der Waals surface area contributed by atoms with Crippen molar-refractivity contribution in [3.05, 3.63) is 69.6 Å². The summed E-state index contributed by atoms with van der Waals surface area (Å²) in [5.41, 5.74) is 0.535. The molecule has 1 aromatic carbocycles. The molecule has 0 saturated carbocycles. The molecule has 9 heteroatoms. The summed E-state index contributed by atoms with van der Waals surface area (Å²) in [4.78, 5) is 44.4. The average Bonchev–Trinajstić information content (AvgIpc) is 3.27. The molecule has 0 radical (unpaired) electrons. The van der Waals surface area contributed by atoms with Crippen LogP contribution in [0.3, 0.4) is 0 Å². The van der Waals surface area contributed by atoms with Gasteiger partial charge in [0, 0.05) is 36.7 Å². The molecular weight excluding hydrogens is 406 g/mol. The van der Waals surface area contributed by atoms with E-state index in [0.717, 1.165) is 25.0 Å². The molecule has 4 rings (SSSR count). The number of rotatable bonds is 4. The van der Waals surface area contributed by atoms with Crippen LogP contribution in [0.2, 0.25) is 0 Å². The zero-order valence-electron chi connectivity index (χ0n) is 16.8. The number of likely N-dealkylation sites (tertiary alicyclic amines) is 1. The molecule has 160 valence electrons. The highest BCUT2D eigenvalue weighted by Gasteiger charge is 2.24. The number of aromatic nitrogens is 2. The highest BCUT2D eigenvalue weighted by molar-refractivity contribution is 5.97. The third-order valence-corrected chi connectivity index (χ3v) is 5.20. The van der Waals surface area contributed by atoms with E-state index in [1.54, 1.807) is 24.0 Å². The third kappa shape index (κ3) is 4.16. The summed E-state index contributed by atoms with van der Waals surface area (Å²) in [6.45, 7) is 2.64. The number of benzene rings is 1. The Hall–Kier alpha value is -3.62. The van der Waals surface area contributed by atoms with Gasteiger partial charge in [-0.15, -0.1) is 0 Å². The van der Waals surface area contributed by atoms with E-state index in [-0.39, 0.29) is 34.7 Å². The second-order valence-electron chi connectivity index (χ2n) is 7.50. The Morgan fingerprint density at radius 2 is 1.84 bits per heavy atom. The lowest BCUT2D eigenvalue weighted by Gasteiger charge is -2.17. The number of amides is 2. The van der Waals surface area contributed by atoms with Gasteiger partial charge in [-0.25, -0.2) is 13.8 Å². The minimum atomic E-state index is -1.08. The van der Waals surface area contributed by atoms with E-state index in [0.29, 0.717) is 18.8 Å². The van der Waals surface area contributed by atoms with E-state index in [2.05, 4.69) is 10.3 Å². The molecule has 1 N–H and O–H groups in total. The van der Waals surface area contributed by atoms with Crippen LogP contribution >= 0.6 is 0 Å². The highest BCUT2D eigenvalue weighted by atomic mass is 19.2. The maximum atomic E-state index is 13.4. The van der Waals surface area contributed by atoms with Crippen molar-refractivity contribution in [2.45, 2.75) is 26.3 Å². The maximum absolute atomic E-state index is 13.4. The van der Waals surface area contributed by atoms with E-state index in [1.165, 1.54) is 16.8 Å². The maximum Gasteiger partial charge on any atom is 0.259 e. The Balaban J connectivity index is 1.71. The molecule has 31 heavy (non-hydrogen) atoms. The first kappa shape index (κ1) is 20.6. The van der Waals surface area contributed by atoms with Crippen molar-refractivity contribution in [1.29, 1.82) is 0 Å². The summed E-state index contributed by atoms with van der Waals surface area (Å²) in [5.74, 6) is -3.02. The van der Waals surface area contributed by atoms with Gasteiger partial charge >= 0.3 is 0 Å². The van der Waals surface area contributed by atoms with Crippen molar-refractivity contribution in [2.75, 3.05) is 18.4 Å². The number of halogens is 2. The van der Waals surface area contributed by atoms with Gasteiger partial charge in [-0.1, -0.05) is 0 Å². The normalized spacial score (nSPS) is 13.6. The summed E-state index contributed by atoms with van der Waals surface area (Å²) >= 11 is 0. The van der Waals surface area contributed by atoms with Gasteiger partial charge in [0.15, 0.2) is 11.6 Å². The van der Waals surface area contributed by atoms with Gasteiger partial charge in [-0.3, -0.25) is 14.4 Å². The van der Waals surface area contributed by atoms with Gasteiger partial charge in [0.2, 0.25) is 11.3 Å². The number of nitrogens with one attached hydrogen (secondary N) is 1. The number of aryl methyl sites for hydroxylation is 1. The van der Waals surface area contributed by atoms with Crippen LogP contribution in [-0.4, -0.2) is 39.4 Å². The molecule has 1 aliphatic heterocycles. The zero-order valence-corrected chi connectivity index (χ0v) is 16.8. The van der Waals surface area contributed by atoms with Crippen LogP contribution in [0.25, 0.3) is 11.0 Å². The largest absolute Gasteiger partial charge is 0.338 e. The Kier molecular flexibility index (Phi) is 5.50. The number of hydrogen-bond donors (Lipinski definition) is 1. The van der Waals surface area contributed by atoms with Crippen molar-refractivity contribution in [3.8, 4) is 0 Å². The summed E-state index contributed by atoms with van der Waals surface area (Å²) in [6, 6.07) is 6.29. The van der Waals surface area contributed by atoms with Crippen LogP contribution in [0.1, 0.15) is 28.9 Å². The van der Waals surface area contributed by atoms with Crippen LogP contribution in [-0.2, 0) is 11.3 Å². The van der Waals surface area contributed by atoms with Gasteiger partial charge in [-0.05, 0) is 44.0 Å².